The van der Waals surface area contributed by atoms with Gasteiger partial charge in [0.2, 0.25) is 15.9 Å². The second-order valence-electron chi connectivity index (χ2n) is 6.27. The summed E-state index contributed by atoms with van der Waals surface area (Å²) in [6, 6.07) is 13.2. The molecule has 27 heavy (non-hydrogen) atoms. The molecule has 1 aliphatic rings. The molecule has 0 unspecified atom stereocenters. The highest BCUT2D eigenvalue weighted by Crippen LogP contribution is 2.32. The summed E-state index contributed by atoms with van der Waals surface area (Å²) >= 11 is 0. The number of amides is 1. The van der Waals surface area contributed by atoms with E-state index in [1.54, 1.807) is 24.3 Å². The minimum Gasteiger partial charge on any atom is -0.486 e. The van der Waals surface area contributed by atoms with E-state index in [9.17, 15) is 13.2 Å². The maximum atomic E-state index is 12.5. The third kappa shape index (κ3) is 4.40. The number of carbonyl (C=O) groups excluding carboxylic acids is 1. The van der Waals surface area contributed by atoms with Gasteiger partial charge < -0.3 is 14.8 Å². The Balaban J connectivity index is 1.63. The maximum absolute atomic E-state index is 12.5. The molecule has 1 atom stereocenters. The highest BCUT2D eigenvalue weighted by atomic mass is 32.2. The van der Waals surface area contributed by atoms with Crippen molar-refractivity contribution in [3.05, 3.63) is 54.1 Å². The fraction of sp³-hybridized carbons (Fsp3) is 0.316. The molecule has 144 valence electrons. The van der Waals surface area contributed by atoms with Crippen LogP contribution in [-0.2, 0) is 14.8 Å². The van der Waals surface area contributed by atoms with Crippen molar-refractivity contribution in [2.75, 3.05) is 26.8 Å². The third-order valence-corrected chi connectivity index (χ3v) is 6.08. The molecule has 0 radical (unpaired) electrons. The lowest BCUT2D eigenvalue weighted by Gasteiger charge is -2.22. The Hall–Kier alpha value is -2.58. The molecule has 0 saturated heterocycles. The number of benzene rings is 2. The average molecular weight is 390 g/mol. The molecule has 1 amide bonds. The van der Waals surface area contributed by atoms with Gasteiger partial charge in [-0.2, -0.15) is 4.31 Å². The number of hydrogen-bond donors (Lipinski definition) is 1. The number of sulfonamides is 1. The zero-order chi connectivity index (χ0) is 19.4. The molecule has 7 nitrogen and oxygen atoms in total. The minimum atomic E-state index is -3.71. The van der Waals surface area contributed by atoms with Gasteiger partial charge in [-0.25, -0.2) is 8.42 Å². The third-order valence-electron chi connectivity index (χ3n) is 4.26. The lowest BCUT2D eigenvalue weighted by atomic mass is 10.1. The summed E-state index contributed by atoms with van der Waals surface area (Å²) in [5, 5.41) is 2.82. The second-order valence-corrected chi connectivity index (χ2v) is 8.31. The molecular formula is C19H22N2O5S. The standard InChI is InChI=1S/C19H22N2O5S/c1-14(15-8-9-17-18(12-15)26-11-10-25-17)20-19(22)13-21(2)27(23,24)16-6-4-3-5-7-16/h3-9,12,14H,10-11,13H2,1-2H3,(H,20,22)/t14-/m1/s1. The number of carbonyl (C=O) groups is 1. The predicted octanol–water partition coefficient (Wildman–Crippen LogP) is 1.96. The smallest absolute Gasteiger partial charge is 0.243 e. The van der Waals surface area contributed by atoms with E-state index in [4.69, 9.17) is 9.47 Å². The van der Waals surface area contributed by atoms with E-state index in [-0.39, 0.29) is 23.4 Å². The minimum absolute atomic E-state index is 0.153. The molecule has 0 spiro atoms. The molecule has 0 saturated carbocycles. The monoisotopic (exact) mass is 390 g/mol. The fourth-order valence-corrected chi connectivity index (χ4v) is 3.91. The van der Waals surface area contributed by atoms with E-state index in [2.05, 4.69) is 5.32 Å². The number of rotatable bonds is 6. The Bertz CT molecular complexity index is 915. The first-order chi connectivity index (χ1) is 12.9. The molecule has 3 rings (SSSR count). The Morgan fingerprint density at radius 1 is 1.11 bits per heavy atom. The van der Waals surface area contributed by atoms with Crippen molar-refractivity contribution < 1.29 is 22.7 Å². The van der Waals surface area contributed by atoms with Crippen LogP contribution in [0.1, 0.15) is 18.5 Å². The lowest BCUT2D eigenvalue weighted by Crippen LogP contribution is -2.39. The molecule has 0 bridgehead atoms. The van der Waals surface area contributed by atoms with E-state index in [1.807, 2.05) is 19.1 Å². The van der Waals surface area contributed by atoms with Crippen LogP contribution in [0.4, 0.5) is 0 Å². The van der Waals surface area contributed by atoms with Crippen molar-refractivity contribution in [2.24, 2.45) is 0 Å². The zero-order valence-electron chi connectivity index (χ0n) is 15.2. The summed E-state index contributed by atoms with van der Waals surface area (Å²) < 4.78 is 37.1. The van der Waals surface area contributed by atoms with Crippen molar-refractivity contribution >= 4 is 15.9 Å². The van der Waals surface area contributed by atoms with Crippen LogP contribution in [0.15, 0.2) is 53.4 Å². The second kappa shape index (κ2) is 7.98. The first kappa shape index (κ1) is 19.2. The van der Waals surface area contributed by atoms with Gasteiger partial charge in [0.05, 0.1) is 17.5 Å². The maximum Gasteiger partial charge on any atom is 0.243 e. The van der Waals surface area contributed by atoms with Crippen molar-refractivity contribution in [3.63, 3.8) is 0 Å². The molecule has 1 N–H and O–H groups in total. The van der Waals surface area contributed by atoms with Gasteiger partial charge in [-0.15, -0.1) is 0 Å². The fourth-order valence-electron chi connectivity index (χ4n) is 2.76. The number of nitrogens with one attached hydrogen (secondary N) is 1. The van der Waals surface area contributed by atoms with Gasteiger partial charge in [0.1, 0.15) is 13.2 Å². The van der Waals surface area contributed by atoms with E-state index in [0.29, 0.717) is 24.7 Å². The summed E-state index contributed by atoms with van der Waals surface area (Å²) in [5.41, 5.74) is 0.848. The first-order valence-electron chi connectivity index (χ1n) is 8.58. The van der Waals surface area contributed by atoms with Gasteiger partial charge in [0.25, 0.3) is 0 Å². The highest BCUT2D eigenvalue weighted by molar-refractivity contribution is 7.89. The summed E-state index contributed by atoms with van der Waals surface area (Å²) in [7, 11) is -2.33. The Morgan fingerprint density at radius 3 is 2.48 bits per heavy atom. The molecule has 1 aliphatic heterocycles. The van der Waals surface area contributed by atoms with E-state index in [1.165, 1.54) is 19.2 Å². The van der Waals surface area contributed by atoms with Crippen molar-refractivity contribution in [1.29, 1.82) is 0 Å². The van der Waals surface area contributed by atoms with Gasteiger partial charge in [0.15, 0.2) is 11.5 Å². The molecule has 0 fully saturated rings. The summed E-state index contributed by atoms with van der Waals surface area (Å²) in [6.45, 7) is 2.56. The van der Waals surface area contributed by atoms with Gasteiger partial charge >= 0.3 is 0 Å². The van der Waals surface area contributed by atoms with E-state index < -0.39 is 10.0 Å². The van der Waals surface area contributed by atoms with Crippen molar-refractivity contribution in [3.8, 4) is 11.5 Å². The van der Waals surface area contributed by atoms with Crippen LogP contribution >= 0.6 is 0 Å². The lowest BCUT2D eigenvalue weighted by molar-refractivity contribution is -0.121. The van der Waals surface area contributed by atoms with Crippen molar-refractivity contribution in [1.82, 2.24) is 9.62 Å². The van der Waals surface area contributed by atoms with E-state index in [0.717, 1.165) is 9.87 Å². The van der Waals surface area contributed by atoms with Gasteiger partial charge in [-0.05, 0) is 36.8 Å². The van der Waals surface area contributed by atoms with E-state index >= 15 is 0 Å². The van der Waals surface area contributed by atoms with Crippen LogP contribution in [0.25, 0.3) is 0 Å². The highest BCUT2D eigenvalue weighted by Gasteiger charge is 2.23. The largest absolute Gasteiger partial charge is 0.486 e. The Labute approximate surface area is 158 Å². The Kier molecular flexibility index (Phi) is 5.67. The van der Waals surface area contributed by atoms with Crippen LogP contribution in [0, 0.1) is 0 Å². The molecule has 2 aromatic carbocycles. The molecule has 1 heterocycles. The SMILES string of the molecule is C[C@@H](NC(=O)CN(C)S(=O)(=O)c1ccccc1)c1ccc2c(c1)OCCO2. The van der Waals surface area contributed by atoms with Crippen LogP contribution in [-0.4, -0.2) is 45.4 Å². The van der Waals surface area contributed by atoms with Crippen LogP contribution < -0.4 is 14.8 Å². The molecule has 0 aliphatic carbocycles. The number of likely N-dealkylation sites (N-methyl/N-ethyl adjacent to an activating group) is 1. The van der Waals surface area contributed by atoms with Crippen LogP contribution in [0.3, 0.4) is 0 Å². The van der Waals surface area contributed by atoms with Gasteiger partial charge in [-0.3, -0.25) is 4.79 Å². The normalized spacial score (nSPS) is 14.6. The predicted molar refractivity (Wildman–Crippen MR) is 100 cm³/mol. The summed E-state index contributed by atoms with van der Waals surface area (Å²) in [5.74, 6) is 0.931. The first-order valence-corrected chi connectivity index (χ1v) is 10.0. The van der Waals surface area contributed by atoms with Crippen molar-refractivity contribution in [2.45, 2.75) is 17.9 Å². The Morgan fingerprint density at radius 2 is 1.78 bits per heavy atom. The molecule has 0 aromatic heterocycles. The number of ether oxygens (including phenoxy) is 2. The molecule has 8 heteroatoms. The zero-order valence-corrected chi connectivity index (χ0v) is 16.0. The number of nitrogens with zero attached hydrogens (tertiary/aromatic N) is 1. The average Bonchev–Trinajstić information content (AvgIpc) is 2.68. The topological polar surface area (TPSA) is 84.9 Å². The number of hydrogen-bond acceptors (Lipinski definition) is 5. The quantitative estimate of drug-likeness (QED) is 0.815. The summed E-state index contributed by atoms with van der Waals surface area (Å²) in [4.78, 5) is 12.5. The molecule has 2 aromatic rings. The van der Waals surface area contributed by atoms with Gasteiger partial charge in [-0.1, -0.05) is 24.3 Å². The number of fused-ring (bicyclic) bond motifs is 1. The van der Waals surface area contributed by atoms with Gasteiger partial charge in [0, 0.05) is 7.05 Å². The molecular weight excluding hydrogens is 368 g/mol. The summed E-state index contributed by atoms with van der Waals surface area (Å²) in [6.07, 6.45) is 0. The van der Waals surface area contributed by atoms with Crippen LogP contribution in [0.2, 0.25) is 0 Å². The van der Waals surface area contributed by atoms with Crippen LogP contribution in [0.5, 0.6) is 11.5 Å².